The van der Waals surface area contributed by atoms with E-state index in [2.05, 4.69) is 214 Å². The predicted octanol–water partition coefficient (Wildman–Crippen LogP) is 14.5. The first kappa shape index (κ1) is 34.3. The lowest BCUT2D eigenvalue weighted by molar-refractivity contribution is 0.660. The molecule has 0 saturated heterocycles. The highest BCUT2D eigenvalue weighted by Crippen LogP contribution is 2.49. The molecule has 1 aromatic heterocycles. The molecule has 0 aliphatic heterocycles. The minimum atomic E-state index is -0.00274. The summed E-state index contributed by atoms with van der Waals surface area (Å²) >= 11 is 0. The molecule has 0 atom stereocenters. The number of fused-ring (bicyclic) bond motifs is 3. The maximum atomic E-state index is 5.20. The molecule has 270 valence electrons. The number of aromatic nitrogens is 2. The first-order valence-corrected chi connectivity index (χ1v) is 19.6. The van der Waals surface area contributed by atoms with Crippen LogP contribution in [0.4, 0.5) is 0 Å². The summed E-state index contributed by atoms with van der Waals surface area (Å²) in [6.45, 7) is 4.66. The molecule has 10 rings (SSSR count). The van der Waals surface area contributed by atoms with E-state index in [4.69, 9.17) is 9.97 Å². The second-order valence-corrected chi connectivity index (χ2v) is 15.4. The topological polar surface area (TPSA) is 25.8 Å². The van der Waals surface area contributed by atoms with Crippen LogP contribution in [-0.4, -0.2) is 9.97 Å². The summed E-state index contributed by atoms with van der Waals surface area (Å²) in [6, 6.07) is 73.8. The van der Waals surface area contributed by atoms with Crippen molar-refractivity contribution >= 4 is 0 Å². The summed E-state index contributed by atoms with van der Waals surface area (Å²) in [5, 5.41) is 0. The van der Waals surface area contributed by atoms with Crippen molar-refractivity contribution in [2.75, 3.05) is 0 Å². The third-order valence-corrected chi connectivity index (χ3v) is 11.5. The lowest BCUT2D eigenvalue weighted by Gasteiger charge is -2.21. The molecule has 0 fully saturated rings. The third kappa shape index (κ3) is 6.46. The molecule has 8 aromatic carbocycles. The SMILES string of the molecule is CC1(C)c2ccccc2-c2cc(-c3cccc(-c4ccc(-c5nc(-c6ccc(-c7ccccc7)cc6)cc(-c6cccc(-c7ccccc7)c6)n5)cc4)c3)ccc21. The molecule has 0 unspecified atom stereocenters. The lowest BCUT2D eigenvalue weighted by Crippen LogP contribution is -2.14. The molecule has 9 aromatic rings. The summed E-state index contributed by atoms with van der Waals surface area (Å²) in [7, 11) is 0. The predicted molar refractivity (Wildman–Crippen MR) is 238 cm³/mol. The van der Waals surface area contributed by atoms with E-state index in [0.29, 0.717) is 5.82 Å². The van der Waals surface area contributed by atoms with Crippen molar-refractivity contribution in [1.29, 1.82) is 0 Å². The standard InChI is InChI=1S/C55H40N2/c1-55(2)50-22-10-9-21-48(50)49-35-46(31-32-51(49)55)45-19-11-17-43(33-45)40-25-29-42(30-26-40)54-56-52(41-27-23-39(24-28-41)37-13-5-3-6-14-37)36-53(57-54)47-20-12-18-44(34-47)38-15-7-4-8-16-38/h3-36H,1-2H3. The molecule has 0 saturated carbocycles. The van der Waals surface area contributed by atoms with Crippen molar-refractivity contribution in [2.45, 2.75) is 19.3 Å². The van der Waals surface area contributed by atoms with E-state index in [1.54, 1.807) is 0 Å². The van der Waals surface area contributed by atoms with E-state index in [9.17, 15) is 0 Å². The minimum absolute atomic E-state index is 0.00274. The average Bonchev–Trinajstić information content (AvgIpc) is 3.52. The van der Waals surface area contributed by atoms with Crippen molar-refractivity contribution in [1.82, 2.24) is 9.97 Å². The average molecular weight is 729 g/mol. The molecule has 0 bridgehead atoms. The molecule has 1 heterocycles. The number of hydrogen-bond acceptors (Lipinski definition) is 2. The molecule has 57 heavy (non-hydrogen) atoms. The van der Waals surface area contributed by atoms with Gasteiger partial charge in [0.05, 0.1) is 11.4 Å². The van der Waals surface area contributed by atoms with Crippen LogP contribution in [0.15, 0.2) is 206 Å². The fourth-order valence-corrected chi connectivity index (χ4v) is 8.41. The Morgan fingerprint density at radius 1 is 0.281 bits per heavy atom. The fraction of sp³-hybridized carbons (Fsp3) is 0.0545. The number of benzene rings is 8. The van der Waals surface area contributed by atoms with Crippen LogP contribution in [0, 0.1) is 0 Å². The Kier molecular flexibility index (Phi) is 8.53. The maximum absolute atomic E-state index is 5.20. The summed E-state index contributed by atoms with van der Waals surface area (Å²) in [5.41, 5.74) is 19.8. The molecule has 2 nitrogen and oxygen atoms in total. The van der Waals surface area contributed by atoms with Gasteiger partial charge in [-0.15, -0.1) is 0 Å². The molecule has 0 radical (unpaired) electrons. The van der Waals surface area contributed by atoms with Crippen LogP contribution in [0.3, 0.4) is 0 Å². The highest BCUT2D eigenvalue weighted by molar-refractivity contribution is 5.85. The molecule has 1 aliphatic carbocycles. The molecule has 0 N–H and O–H groups in total. The van der Waals surface area contributed by atoms with Gasteiger partial charge in [-0.2, -0.15) is 0 Å². The summed E-state index contributed by atoms with van der Waals surface area (Å²) in [4.78, 5) is 10.4. The van der Waals surface area contributed by atoms with E-state index in [1.807, 2.05) is 6.07 Å². The molecule has 2 heteroatoms. The van der Waals surface area contributed by atoms with Gasteiger partial charge >= 0.3 is 0 Å². The van der Waals surface area contributed by atoms with Gasteiger partial charge in [-0.25, -0.2) is 9.97 Å². The van der Waals surface area contributed by atoms with E-state index in [1.165, 1.54) is 55.6 Å². The first-order valence-electron chi connectivity index (χ1n) is 19.6. The van der Waals surface area contributed by atoms with Gasteiger partial charge in [0.15, 0.2) is 5.82 Å². The molecule has 0 spiro atoms. The van der Waals surface area contributed by atoms with E-state index < -0.39 is 0 Å². The Balaban J connectivity index is 1.00. The normalized spacial score (nSPS) is 12.5. The molecule has 1 aliphatic rings. The number of nitrogens with zero attached hydrogens (tertiary/aromatic N) is 2. The van der Waals surface area contributed by atoms with E-state index >= 15 is 0 Å². The zero-order chi connectivity index (χ0) is 38.3. The monoisotopic (exact) mass is 728 g/mol. The van der Waals surface area contributed by atoms with Gasteiger partial charge in [0.25, 0.3) is 0 Å². The highest BCUT2D eigenvalue weighted by Gasteiger charge is 2.35. The van der Waals surface area contributed by atoms with Gasteiger partial charge in [-0.05, 0) is 91.0 Å². The highest BCUT2D eigenvalue weighted by atomic mass is 14.9. The van der Waals surface area contributed by atoms with Gasteiger partial charge in [0, 0.05) is 22.1 Å². The van der Waals surface area contributed by atoms with Crippen LogP contribution in [0.25, 0.3) is 89.5 Å². The smallest absolute Gasteiger partial charge is 0.160 e. The van der Waals surface area contributed by atoms with Gasteiger partial charge < -0.3 is 0 Å². The van der Waals surface area contributed by atoms with E-state index in [-0.39, 0.29) is 5.41 Å². The second kappa shape index (κ2) is 14.2. The third-order valence-electron chi connectivity index (χ3n) is 11.5. The lowest BCUT2D eigenvalue weighted by atomic mass is 9.82. The van der Waals surface area contributed by atoms with Gasteiger partial charge in [-0.3, -0.25) is 0 Å². The van der Waals surface area contributed by atoms with Crippen molar-refractivity contribution in [3.8, 4) is 89.5 Å². The quantitative estimate of drug-likeness (QED) is 0.163. The van der Waals surface area contributed by atoms with Crippen LogP contribution in [0.1, 0.15) is 25.0 Å². The molecular weight excluding hydrogens is 689 g/mol. The van der Waals surface area contributed by atoms with Crippen LogP contribution in [0.5, 0.6) is 0 Å². The van der Waals surface area contributed by atoms with Crippen molar-refractivity contribution < 1.29 is 0 Å². The van der Waals surface area contributed by atoms with Crippen LogP contribution in [-0.2, 0) is 5.41 Å². The van der Waals surface area contributed by atoms with Crippen LogP contribution in [0.2, 0.25) is 0 Å². The summed E-state index contributed by atoms with van der Waals surface area (Å²) < 4.78 is 0. The van der Waals surface area contributed by atoms with Crippen LogP contribution < -0.4 is 0 Å². The first-order chi connectivity index (χ1) is 28.0. The van der Waals surface area contributed by atoms with Gasteiger partial charge in [0.1, 0.15) is 0 Å². The molecular formula is C55H40N2. The van der Waals surface area contributed by atoms with Gasteiger partial charge in [0.2, 0.25) is 0 Å². The van der Waals surface area contributed by atoms with Crippen molar-refractivity contribution in [3.63, 3.8) is 0 Å². The Labute approximate surface area is 334 Å². The van der Waals surface area contributed by atoms with Crippen molar-refractivity contribution in [2.24, 2.45) is 0 Å². The number of rotatable bonds is 7. The maximum Gasteiger partial charge on any atom is 0.160 e. The summed E-state index contributed by atoms with van der Waals surface area (Å²) in [5.74, 6) is 0.696. The van der Waals surface area contributed by atoms with Crippen LogP contribution >= 0.6 is 0 Å². The number of hydrogen-bond donors (Lipinski definition) is 0. The Hall–Kier alpha value is -7.16. The Morgan fingerprint density at radius 3 is 1.35 bits per heavy atom. The minimum Gasteiger partial charge on any atom is -0.228 e. The Bertz CT molecular complexity index is 2890. The fourth-order valence-electron chi connectivity index (χ4n) is 8.41. The molecule has 0 amide bonds. The van der Waals surface area contributed by atoms with Gasteiger partial charge in [-0.1, -0.05) is 196 Å². The zero-order valence-electron chi connectivity index (χ0n) is 32.0. The van der Waals surface area contributed by atoms with E-state index in [0.717, 1.165) is 39.2 Å². The summed E-state index contributed by atoms with van der Waals surface area (Å²) in [6.07, 6.45) is 0. The Morgan fingerprint density at radius 2 is 0.684 bits per heavy atom. The largest absolute Gasteiger partial charge is 0.228 e. The van der Waals surface area contributed by atoms with Crippen molar-refractivity contribution in [3.05, 3.63) is 217 Å². The second-order valence-electron chi connectivity index (χ2n) is 15.4. The zero-order valence-corrected chi connectivity index (χ0v) is 32.0.